The maximum Gasteiger partial charge on any atom is 2.00 e. The number of hydrogen-bond acceptors (Lipinski definition) is 3. The summed E-state index contributed by atoms with van der Waals surface area (Å²) in [7, 11) is 0. The van der Waals surface area contributed by atoms with Crippen molar-refractivity contribution in [2.45, 2.75) is 6.92 Å². The van der Waals surface area contributed by atoms with Crippen LogP contribution in [0.3, 0.4) is 0 Å². The molecule has 4 heteroatoms. The summed E-state index contributed by atoms with van der Waals surface area (Å²) >= 11 is 0. The fourth-order valence-electron chi connectivity index (χ4n) is 1.93. The maximum atomic E-state index is 11.9. The van der Waals surface area contributed by atoms with Gasteiger partial charge >= 0.3 is 17.1 Å². The van der Waals surface area contributed by atoms with E-state index in [0.29, 0.717) is 12.4 Å². The predicted octanol–water partition coefficient (Wildman–Crippen LogP) is 4.15. The van der Waals surface area contributed by atoms with Gasteiger partial charge in [0.1, 0.15) is 11.5 Å². The zero-order chi connectivity index (χ0) is 17.2. The molecule has 0 spiro atoms. The van der Waals surface area contributed by atoms with Crippen LogP contribution < -0.4 is 4.74 Å². The van der Waals surface area contributed by atoms with Gasteiger partial charge in [-0.05, 0) is 19.1 Å². The smallest absolute Gasteiger partial charge is 0.507 e. The van der Waals surface area contributed by atoms with Crippen LogP contribution in [-0.4, -0.2) is 17.5 Å². The van der Waals surface area contributed by atoms with Crippen molar-refractivity contribution in [3.63, 3.8) is 0 Å². The molecule has 3 aromatic carbocycles. The molecule has 0 saturated heterocycles. The first-order chi connectivity index (χ1) is 11.7. The molecule has 1 N–H and O–H groups in total. The minimum absolute atomic E-state index is 0. The first-order valence-corrected chi connectivity index (χ1v) is 7.61. The Kier molecular flexibility index (Phi) is 8.89. The van der Waals surface area contributed by atoms with Gasteiger partial charge in [-0.2, -0.15) is 42.3 Å². The van der Waals surface area contributed by atoms with Gasteiger partial charge in [0.25, 0.3) is 0 Å². The third-order valence-corrected chi connectivity index (χ3v) is 3.06. The summed E-state index contributed by atoms with van der Waals surface area (Å²) in [5, 5.41) is 9.78. The quantitative estimate of drug-likeness (QED) is 0.324. The minimum atomic E-state index is -0.415. The van der Waals surface area contributed by atoms with Crippen LogP contribution in [0.2, 0.25) is 0 Å². The third-order valence-electron chi connectivity index (χ3n) is 3.06. The van der Waals surface area contributed by atoms with E-state index in [1.165, 1.54) is 12.1 Å². The number of ketones is 1. The molecular weight excluding hydrogens is 356 g/mol. The molecule has 0 saturated carbocycles. The Bertz CT molecular complexity index is 789. The van der Waals surface area contributed by atoms with E-state index in [0.717, 1.165) is 5.56 Å². The molecule has 0 heterocycles. The Morgan fingerprint density at radius 3 is 2.44 bits per heavy atom. The molecule has 3 nitrogen and oxygen atoms in total. The van der Waals surface area contributed by atoms with Crippen LogP contribution in [-0.2, 0) is 17.1 Å². The average Bonchev–Trinajstić information content (AvgIpc) is 3.29. The van der Waals surface area contributed by atoms with Crippen LogP contribution in [0.5, 0.6) is 11.5 Å². The molecule has 3 aromatic rings. The van der Waals surface area contributed by atoms with E-state index in [9.17, 15) is 9.90 Å². The van der Waals surface area contributed by atoms with Crippen molar-refractivity contribution in [3.8, 4) is 23.3 Å². The number of carbonyl (C=O) groups excluding carboxylic acids is 1. The van der Waals surface area contributed by atoms with Gasteiger partial charge in [-0.25, -0.2) is 12.1 Å². The maximum absolute atomic E-state index is 11.9. The topological polar surface area (TPSA) is 46.5 Å². The molecule has 3 rings (SSSR count). The molecule has 0 bridgehead atoms. The van der Waals surface area contributed by atoms with Crippen molar-refractivity contribution in [2.24, 2.45) is 0 Å². The number of ether oxygens (including phenoxy) is 1. The molecule has 0 unspecified atom stereocenters. The predicted molar refractivity (Wildman–Crippen MR) is 94.6 cm³/mol. The molecule has 0 aromatic heterocycles. The molecular formula is C21H18FeO3. The number of rotatable bonds is 3. The summed E-state index contributed by atoms with van der Waals surface area (Å²) in [4.78, 5) is 11.9. The molecule has 0 aliphatic rings. The largest absolute Gasteiger partial charge is 2.00 e. The van der Waals surface area contributed by atoms with Gasteiger partial charge in [0.15, 0.2) is 0 Å². The van der Waals surface area contributed by atoms with E-state index < -0.39 is 5.78 Å². The Hall–Kier alpha value is -2.73. The van der Waals surface area contributed by atoms with Crippen LogP contribution >= 0.6 is 0 Å². The number of carbonyl (C=O) groups is 1. The van der Waals surface area contributed by atoms with Gasteiger partial charge in [0.2, 0.25) is 5.78 Å². The number of aromatic hydroxyl groups is 1. The van der Waals surface area contributed by atoms with Gasteiger partial charge < -0.3 is 9.84 Å². The van der Waals surface area contributed by atoms with Gasteiger partial charge in [0, 0.05) is 6.07 Å². The number of hydrogen-bond donors (Lipinski definition) is 1. The van der Waals surface area contributed by atoms with Crippen LogP contribution in [0.1, 0.15) is 22.8 Å². The van der Waals surface area contributed by atoms with E-state index in [1.54, 1.807) is 6.07 Å². The number of phenolic OH excluding ortho intramolecular Hbond substituents is 1. The van der Waals surface area contributed by atoms with E-state index in [2.05, 4.69) is 11.8 Å². The van der Waals surface area contributed by atoms with E-state index in [4.69, 9.17) is 4.74 Å². The second-order valence-corrected chi connectivity index (χ2v) is 4.83. The normalized spacial score (nSPS) is 8.84. The Labute approximate surface area is 158 Å². The molecule has 0 aliphatic carbocycles. The van der Waals surface area contributed by atoms with Crippen molar-refractivity contribution < 1.29 is 31.7 Å². The molecule has 0 atom stereocenters. The molecule has 128 valence electrons. The van der Waals surface area contributed by atoms with Crippen molar-refractivity contribution in [1.29, 1.82) is 0 Å². The van der Waals surface area contributed by atoms with Gasteiger partial charge in [-0.3, -0.25) is 4.79 Å². The zero-order valence-corrected chi connectivity index (χ0v) is 14.9. The average molecular weight is 374 g/mol. The first kappa shape index (κ1) is 20.3. The zero-order valence-electron chi connectivity index (χ0n) is 13.8. The van der Waals surface area contributed by atoms with Crippen molar-refractivity contribution in [3.05, 3.63) is 83.9 Å². The fourth-order valence-corrected chi connectivity index (χ4v) is 1.93. The number of benzene rings is 1. The van der Waals surface area contributed by atoms with Crippen LogP contribution in [0.4, 0.5) is 0 Å². The monoisotopic (exact) mass is 374 g/mol. The van der Waals surface area contributed by atoms with Crippen molar-refractivity contribution >= 4 is 5.78 Å². The van der Waals surface area contributed by atoms with Crippen molar-refractivity contribution in [1.82, 2.24) is 0 Å². The number of phenols is 1. The summed E-state index contributed by atoms with van der Waals surface area (Å²) < 4.78 is 5.23. The number of Topliss-reactive ketones (excluding diaryl/α,β-unsaturated/α-hetero) is 1. The third kappa shape index (κ3) is 6.72. The van der Waals surface area contributed by atoms with E-state index >= 15 is 0 Å². The second-order valence-electron chi connectivity index (χ2n) is 4.83. The standard InChI is InChI=1S/C16H13O3.C5H5.Fe/c1-2-19-13-8-9-14(16(18)11-13)15(17)10-7-12-5-3-4-6-12;1-2-4-5-3-1;/h3-6,8-9,11,18H,2H2,1H3;1-5H;/q2*-1;+2. The van der Waals surface area contributed by atoms with E-state index in [1.807, 2.05) is 61.5 Å². The van der Waals surface area contributed by atoms with Gasteiger partial charge in [-0.15, -0.1) is 11.6 Å². The van der Waals surface area contributed by atoms with Gasteiger partial charge in [-0.1, -0.05) is 5.92 Å². The molecule has 25 heavy (non-hydrogen) atoms. The molecule has 0 fully saturated rings. The summed E-state index contributed by atoms with van der Waals surface area (Å²) in [5.41, 5.74) is 0.960. The molecule has 0 amide bonds. The van der Waals surface area contributed by atoms with Gasteiger partial charge in [0.05, 0.1) is 12.2 Å². The fraction of sp³-hybridized carbons (Fsp3) is 0.0952. The second kappa shape index (κ2) is 10.9. The molecule has 0 aliphatic heterocycles. The van der Waals surface area contributed by atoms with E-state index in [-0.39, 0.29) is 28.4 Å². The Balaban J connectivity index is 0.000000448. The van der Waals surface area contributed by atoms with Crippen LogP contribution in [0, 0.1) is 11.8 Å². The minimum Gasteiger partial charge on any atom is -0.507 e. The van der Waals surface area contributed by atoms with Crippen LogP contribution in [0.15, 0.2) is 72.8 Å². The SMILES string of the molecule is CCOc1ccc(C(=O)C#Cc2ccc[cH-]2)c(O)c1.[Fe+2].c1cc[cH-]c1. The Morgan fingerprint density at radius 2 is 1.92 bits per heavy atom. The Morgan fingerprint density at radius 1 is 1.16 bits per heavy atom. The summed E-state index contributed by atoms with van der Waals surface area (Å²) in [6.45, 7) is 2.35. The summed E-state index contributed by atoms with van der Waals surface area (Å²) in [6, 6.07) is 21.9. The van der Waals surface area contributed by atoms with Crippen molar-refractivity contribution in [2.75, 3.05) is 6.61 Å². The van der Waals surface area contributed by atoms with Crippen LogP contribution in [0.25, 0.3) is 0 Å². The summed E-state index contributed by atoms with van der Waals surface area (Å²) in [5.74, 6) is 5.25. The first-order valence-electron chi connectivity index (χ1n) is 7.61. The molecule has 0 radical (unpaired) electrons. The summed E-state index contributed by atoms with van der Waals surface area (Å²) in [6.07, 6.45) is 0.